The van der Waals surface area contributed by atoms with Crippen molar-refractivity contribution in [1.29, 1.82) is 0 Å². The van der Waals surface area contributed by atoms with Crippen molar-refractivity contribution in [2.24, 2.45) is 0 Å². The number of halogens is 6. The van der Waals surface area contributed by atoms with Crippen molar-refractivity contribution < 1.29 is 22.0 Å². The maximum Gasteiger partial charge on any atom is 0.419 e. The van der Waals surface area contributed by atoms with Crippen molar-refractivity contribution in [3.8, 4) is 0 Å². The zero-order chi connectivity index (χ0) is 15.8. The smallest absolute Gasteiger partial charge is 0.397 e. The van der Waals surface area contributed by atoms with Crippen LogP contribution >= 0.6 is 11.6 Å². The van der Waals surface area contributed by atoms with Crippen LogP contribution < -0.4 is 11.1 Å². The molecule has 0 radical (unpaired) electrons. The Hall–Kier alpha value is -2.02. The first-order valence-corrected chi connectivity index (χ1v) is 5.94. The van der Waals surface area contributed by atoms with Crippen LogP contribution in [0.2, 0.25) is 5.02 Å². The molecule has 112 valence electrons. The van der Waals surface area contributed by atoms with E-state index in [0.717, 1.165) is 18.2 Å². The molecule has 0 heterocycles. The lowest BCUT2D eigenvalue weighted by atomic mass is 10.1. The van der Waals surface area contributed by atoms with Gasteiger partial charge in [-0.25, -0.2) is 8.78 Å². The Morgan fingerprint density at radius 2 is 1.67 bits per heavy atom. The average Bonchev–Trinajstić information content (AvgIpc) is 2.37. The molecule has 0 aromatic heterocycles. The van der Waals surface area contributed by atoms with E-state index in [1.54, 1.807) is 0 Å². The Morgan fingerprint density at radius 3 is 2.29 bits per heavy atom. The van der Waals surface area contributed by atoms with Crippen LogP contribution in [-0.4, -0.2) is 0 Å². The van der Waals surface area contributed by atoms with E-state index in [-0.39, 0.29) is 22.1 Å². The summed E-state index contributed by atoms with van der Waals surface area (Å²) in [6.45, 7) is 0. The van der Waals surface area contributed by atoms with Gasteiger partial charge >= 0.3 is 6.18 Å². The van der Waals surface area contributed by atoms with Gasteiger partial charge in [-0.2, -0.15) is 13.2 Å². The van der Waals surface area contributed by atoms with Gasteiger partial charge in [-0.15, -0.1) is 0 Å². The monoisotopic (exact) mass is 322 g/mol. The number of nitrogens with one attached hydrogen (secondary N) is 1. The summed E-state index contributed by atoms with van der Waals surface area (Å²) >= 11 is 5.57. The predicted molar refractivity (Wildman–Crippen MR) is 70.5 cm³/mol. The van der Waals surface area contributed by atoms with Gasteiger partial charge in [0.05, 0.1) is 22.0 Å². The average molecular weight is 323 g/mol. The molecule has 0 unspecified atom stereocenters. The van der Waals surface area contributed by atoms with Crippen LogP contribution in [0, 0.1) is 11.6 Å². The van der Waals surface area contributed by atoms with E-state index in [2.05, 4.69) is 5.32 Å². The molecule has 0 saturated carbocycles. The number of benzene rings is 2. The first kappa shape index (κ1) is 15.4. The molecule has 3 N–H and O–H groups in total. The quantitative estimate of drug-likeness (QED) is 0.605. The molecular weight excluding hydrogens is 315 g/mol. The summed E-state index contributed by atoms with van der Waals surface area (Å²) in [6.07, 6.45) is -4.83. The minimum Gasteiger partial charge on any atom is -0.397 e. The predicted octanol–water partition coefficient (Wildman–Crippen LogP) is 4.96. The molecule has 0 saturated heterocycles. The summed E-state index contributed by atoms with van der Waals surface area (Å²) in [7, 11) is 0. The fourth-order valence-corrected chi connectivity index (χ4v) is 1.81. The van der Waals surface area contributed by atoms with Gasteiger partial charge in [0, 0.05) is 11.8 Å². The molecule has 0 atom stereocenters. The Labute approximate surface area is 121 Å². The summed E-state index contributed by atoms with van der Waals surface area (Å²) in [6, 6.07) is 4.42. The fourth-order valence-electron chi connectivity index (χ4n) is 1.65. The van der Waals surface area contributed by atoms with Crippen LogP contribution in [0.1, 0.15) is 5.56 Å². The summed E-state index contributed by atoms with van der Waals surface area (Å²) < 4.78 is 64.1. The molecule has 2 aromatic rings. The van der Waals surface area contributed by atoms with E-state index in [9.17, 15) is 22.0 Å². The standard InChI is InChI=1S/C13H8ClF5N2/c14-8-4-12(11(20)5-10(8)16)21-6-1-2-9(15)7(3-6)13(17,18)19/h1-5,21H,20H2. The van der Waals surface area contributed by atoms with E-state index in [4.69, 9.17) is 17.3 Å². The molecule has 0 aliphatic rings. The largest absolute Gasteiger partial charge is 0.419 e. The SMILES string of the molecule is Nc1cc(F)c(Cl)cc1Nc1ccc(F)c(C(F)(F)F)c1. The van der Waals surface area contributed by atoms with Crippen molar-refractivity contribution in [2.45, 2.75) is 6.18 Å². The van der Waals surface area contributed by atoms with Crippen LogP contribution in [0.4, 0.5) is 39.0 Å². The Balaban J connectivity index is 2.39. The number of nitrogens with two attached hydrogens (primary N) is 1. The molecule has 0 spiro atoms. The summed E-state index contributed by atoms with van der Waals surface area (Å²) in [5.74, 6) is -2.15. The minimum absolute atomic E-state index is 0.0465. The molecule has 2 aromatic carbocycles. The summed E-state index contributed by atoms with van der Waals surface area (Å²) in [5.41, 5.74) is 4.13. The van der Waals surface area contributed by atoms with E-state index in [1.807, 2.05) is 0 Å². The van der Waals surface area contributed by atoms with Crippen molar-refractivity contribution in [3.05, 3.63) is 52.6 Å². The highest BCUT2D eigenvalue weighted by atomic mass is 35.5. The Kier molecular flexibility index (Phi) is 3.95. The Morgan fingerprint density at radius 1 is 1.00 bits per heavy atom. The lowest BCUT2D eigenvalue weighted by Gasteiger charge is -2.13. The second kappa shape index (κ2) is 5.40. The number of anilines is 3. The second-order valence-corrected chi connectivity index (χ2v) is 4.58. The zero-order valence-corrected chi connectivity index (χ0v) is 11.0. The molecule has 2 rings (SSSR count). The highest BCUT2D eigenvalue weighted by Crippen LogP contribution is 2.35. The van der Waals surface area contributed by atoms with E-state index in [0.29, 0.717) is 12.1 Å². The molecule has 0 bridgehead atoms. The number of hydrogen-bond acceptors (Lipinski definition) is 2. The molecule has 0 aliphatic carbocycles. The van der Waals surface area contributed by atoms with E-state index >= 15 is 0 Å². The maximum atomic E-state index is 13.2. The van der Waals surface area contributed by atoms with Crippen LogP contribution in [-0.2, 0) is 6.18 Å². The summed E-state index contributed by atoms with van der Waals surface area (Å²) in [4.78, 5) is 0. The zero-order valence-electron chi connectivity index (χ0n) is 10.2. The topological polar surface area (TPSA) is 38.0 Å². The lowest BCUT2D eigenvalue weighted by molar-refractivity contribution is -0.139. The van der Waals surface area contributed by atoms with Crippen LogP contribution in [0.3, 0.4) is 0 Å². The molecule has 21 heavy (non-hydrogen) atoms. The van der Waals surface area contributed by atoms with Gasteiger partial charge in [0.15, 0.2) is 0 Å². The van der Waals surface area contributed by atoms with Gasteiger partial charge in [0.2, 0.25) is 0 Å². The van der Waals surface area contributed by atoms with Crippen LogP contribution in [0.5, 0.6) is 0 Å². The third kappa shape index (κ3) is 3.36. The second-order valence-electron chi connectivity index (χ2n) is 4.17. The van der Waals surface area contributed by atoms with E-state index in [1.165, 1.54) is 0 Å². The molecule has 0 aliphatic heterocycles. The minimum atomic E-state index is -4.83. The third-order valence-corrected chi connectivity index (χ3v) is 2.93. The van der Waals surface area contributed by atoms with Crippen molar-refractivity contribution >= 4 is 28.7 Å². The van der Waals surface area contributed by atoms with Crippen molar-refractivity contribution in [2.75, 3.05) is 11.1 Å². The van der Waals surface area contributed by atoms with Crippen molar-refractivity contribution in [3.63, 3.8) is 0 Å². The molecule has 2 nitrogen and oxygen atoms in total. The molecule has 0 amide bonds. The van der Waals surface area contributed by atoms with Gasteiger partial charge in [0.25, 0.3) is 0 Å². The first-order valence-electron chi connectivity index (χ1n) is 5.57. The number of rotatable bonds is 2. The third-order valence-electron chi connectivity index (χ3n) is 2.64. The van der Waals surface area contributed by atoms with Crippen LogP contribution in [0.15, 0.2) is 30.3 Å². The van der Waals surface area contributed by atoms with Crippen molar-refractivity contribution in [1.82, 2.24) is 0 Å². The summed E-state index contributed by atoms with van der Waals surface area (Å²) in [5, 5.41) is 2.29. The highest BCUT2D eigenvalue weighted by molar-refractivity contribution is 6.31. The highest BCUT2D eigenvalue weighted by Gasteiger charge is 2.34. The normalized spacial score (nSPS) is 11.5. The number of alkyl halides is 3. The molecular formula is C13H8ClF5N2. The van der Waals surface area contributed by atoms with Gasteiger partial charge in [0.1, 0.15) is 11.6 Å². The molecule has 8 heteroatoms. The van der Waals surface area contributed by atoms with Gasteiger partial charge in [-0.3, -0.25) is 0 Å². The lowest BCUT2D eigenvalue weighted by Crippen LogP contribution is -2.09. The van der Waals surface area contributed by atoms with Gasteiger partial charge in [-0.05, 0) is 24.3 Å². The van der Waals surface area contributed by atoms with Crippen LogP contribution in [0.25, 0.3) is 0 Å². The number of hydrogen-bond donors (Lipinski definition) is 2. The Bertz CT molecular complexity index is 685. The maximum absolute atomic E-state index is 13.2. The van der Waals surface area contributed by atoms with Gasteiger partial charge < -0.3 is 11.1 Å². The first-order chi connectivity index (χ1) is 9.68. The molecule has 0 fully saturated rings. The van der Waals surface area contributed by atoms with E-state index < -0.39 is 23.4 Å². The van der Waals surface area contributed by atoms with Gasteiger partial charge in [-0.1, -0.05) is 11.6 Å². The number of nitrogen functional groups attached to an aromatic ring is 1. The fraction of sp³-hybridized carbons (Fsp3) is 0.0769.